The number of rotatable bonds is 3. The van der Waals surface area contributed by atoms with Crippen molar-refractivity contribution >= 4 is 5.69 Å². The van der Waals surface area contributed by atoms with Gasteiger partial charge < -0.3 is 14.8 Å². The monoisotopic (exact) mass is 257 g/mol. The second-order valence-electron chi connectivity index (χ2n) is 4.26. The van der Waals surface area contributed by atoms with E-state index in [4.69, 9.17) is 9.47 Å². The summed E-state index contributed by atoms with van der Waals surface area (Å²) in [7, 11) is 0. The van der Waals surface area contributed by atoms with Gasteiger partial charge in [0.1, 0.15) is 0 Å². The van der Waals surface area contributed by atoms with Crippen LogP contribution in [0.5, 0.6) is 11.5 Å². The molecule has 98 valence electrons. The first-order chi connectivity index (χ1) is 9.42. The molecule has 1 aromatic carbocycles. The number of ether oxygens (including phenoxy) is 2. The van der Waals surface area contributed by atoms with Gasteiger partial charge in [0.25, 0.3) is 0 Å². The Labute approximate surface area is 111 Å². The van der Waals surface area contributed by atoms with Crippen molar-refractivity contribution < 1.29 is 9.47 Å². The maximum absolute atomic E-state index is 5.65. The fourth-order valence-corrected chi connectivity index (χ4v) is 1.89. The molecule has 0 spiro atoms. The number of nitrogens with one attached hydrogen (secondary N) is 1. The molecule has 1 aromatic heterocycles. The molecule has 0 atom stereocenters. The zero-order valence-electron chi connectivity index (χ0n) is 10.5. The van der Waals surface area contributed by atoms with E-state index in [0.29, 0.717) is 19.8 Å². The number of aromatic nitrogens is 2. The summed E-state index contributed by atoms with van der Waals surface area (Å²) in [5.74, 6) is 1.60. The van der Waals surface area contributed by atoms with E-state index in [1.54, 1.807) is 18.6 Å². The molecule has 5 heteroatoms. The van der Waals surface area contributed by atoms with Crippen LogP contribution in [0, 0.1) is 0 Å². The topological polar surface area (TPSA) is 56.3 Å². The standard InChI is InChI=1S/C14H15N3O2/c1-6-18-13-3-2-11(8-14(13)19-7-1)17-10-12-9-15-4-5-16-12/h2-5,8-9,17H,1,6-7,10H2. The molecule has 1 aliphatic heterocycles. The van der Waals surface area contributed by atoms with Crippen LogP contribution in [0.3, 0.4) is 0 Å². The summed E-state index contributed by atoms with van der Waals surface area (Å²) in [6.45, 7) is 2.04. The van der Waals surface area contributed by atoms with Gasteiger partial charge in [-0.1, -0.05) is 0 Å². The molecule has 0 saturated heterocycles. The number of hydrogen-bond donors (Lipinski definition) is 1. The van der Waals surface area contributed by atoms with Crippen LogP contribution >= 0.6 is 0 Å². The van der Waals surface area contributed by atoms with Crippen molar-refractivity contribution in [3.63, 3.8) is 0 Å². The lowest BCUT2D eigenvalue weighted by Gasteiger charge is -2.10. The molecule has 1 aliphatic rings. The predicted octanol–water partition coefficient (Wildman–Crippen LogP) is 2.25. The minimum Gasteiger partial charge on any atom is -0.490 e. The summed E-state index contributed by atoms with van der Waals surface area (Å²) >= 11 is 0. The summed E-state index contributed by atoms with van der Waals surface area (Å²) < 4.78 is 11.2. The van der Waals surface area contributed by atoms with E-state index in [9.17, 15) is 0 Å². The minimum atomic E-state index is 0.632. The first kappa shape index (κ1) is 11.8. The molecular formula is C14H15N3O2. The Hall–Kier alpha value is -2.30. The Morgan fingerprint density at radius 2 is 2.00 bits per heavy atom. The van der Waals surface area contributed by atoms with E-state index in [2.05, 4.69) is 15.3 Å². The third-order valence-electron chi connectivity index (χ3n) is 2.84. The largest absolute Gasteiger partial charge is 0.490 e. The lowest BCUT2D eigenvalue weighted by Crippen LogP contribution is -2.02. The average Bonchev–Trinajstić information content (AvgIpc) is 2.71. The van der Waals surface area contributed by atoms with E-state index in [1.807, 2.05) is 18.2 Å². The Bertz CT molecular complexity index is 546. The fourth-order valence-electron chi connectivity index (χ4n) is 1.89. The van der Waals surface area contributed by atoms with Gasteiger partial charge in [0, 0.05) is 30.6 Å². The zero-order chi connectivity index (χ0) is 12.9. The molecule has 0 radical (unpaired) electrons. The number of fused-ring (bicyclic) bond motifs is 1. The third kappa shape index (κ3) is 2.93. The summed E-state index contributed by atoms with van der Waals surface area (Å²) in [5.41, 5.74) is 1.88. The Morgan fingerprint density at radius 3 is 2.84 bits per heavy atom. The van der Waals surface area contributed by atoms with Gasteiger partial charge in [-0.3, -0.25) is 9.97 Å². The number of hydrogen-bond acceptors (Lipinski definition) is 5. The fraction of sp³-hybridized carbons (Fsp3) is 0.286. The van der Waals surface area contributed by atoms with Crippen LogP contribution in [-0.4, -0.2) is 23.2 Å². The van der Waals surface area contributed by atoms with E-state index in [0.717, 1.165) is 29.3 Å². The first-order valence-corrected chi connectivity index (χ1v) is 6.30. The number of anilines is 1. The van der Waals surface area contributed by atoms with Gasteiger partial charge in [0.05, 0.1) is 31.6 Å². The summed E-state index contributed by atoms with van der Waals surface area (Å²) in [5, 5.41) is 3.29. The molecule has 0 fully saturated rings. The second kappa shape index (κ2) is 5.56. The molecule has 2 aromatic rings. The van der Waals surface area contributed by atoms with Crippen LogP contribution in [0.4, 0.5) is 5.69 Å². The third-order valence-corrected chi connectivity index (χ3v) is 2.84. The van der Waals surface area contributed by atoms with E-state index in [1.165, 1.54) is 0 Å². The van der Waals surface area contributed by atoms with Crippen LogP contribution in [0.2, 0.25) is 0 Å². The lowest BCUT2D eigenvalue weighted by molar-refractivity contribution is 0.297. The van der Waals surface area contributed by atoms with Crippen LogP contribution in [-0.2, 0) is 6.54 Å². The lowest BCUT2D eigenvalue weighted by atomic mass is 10.2. The van der Waals surface area contributed by atoms with Crippen molar-refractivity contribution in [1.82, 2.24) is 9.97 Å². The molecule has 3 rings (SSSR count). The summed E-state index contributed by atoms with van der Waals surface area (Å²) in [4.78, 5) is 8.25. The number of nitrogens with zero attached hydrogens (tertiary/aromatic N) is 2. The van der Waals surface area contributed by atoms with Gasteiger partial charge in [-0.15, -0.1) is 0 Å². The quantitative estimate of drug-likeness (QED) is 0.914. The van der Waals surface area contributed by atoms with Gasteiger partial charge in [0.15, 0.2) is 11.5 Å². The normalized spacial score (nSPS) is 13.7. The predicted molar refractivity (Wildman–Crippen MR) is 71.4 cm³/mol. The first-order valence-electron chi connectivity index (χ1n) is 6.30. The maximum Gasteiger partial charge on any atom is 0.163 e. The summed E-state index contributed by atoms with van der Waals surface area (Å²) in [6, 6.07) is 5.86. The van der Waals surface area contributed by atoms with Crippen molar-refractivity contribution in [2.24, 2.45) is 0 Å². The van der Waals surface area contributed by atoms with Gasteiger partial charge in [-0.25, -0.2) is 0 Å². The highest BCUT2D eigenvalue weighted by Crippen LogP contribution is 2.32. The molecule has 0 amide bonds. The van der Waals surface area contributed by atoms with E-state index in [-0.39, 0.29) is 0 Å². The van der Waals surface area contributed by atoms with Crippen LogP contribution in [0.25, 0.3) is 0 Å². The highest BCUT2D eigenvalue weighted by atomic mass is 16.5. The molecule has 0 unspecified atom stereocenters. The Kier molecular flexibility index (Phi) is 3.45. The molecule has 0 saturated carbocycles. The van der Waals surface area contributed by atoms with Crippen molar-refractivity contribution in [2.45, 2.75) is 13.0 Å². The smallest absolute Gasteiger partial charge is 0.163 e. The Morgan fingerprint density at radius 1 is 1.11 bits per heavy atom. The molecular weight excluding hydrogens is 242 g/mol. The second-order valence-corrected chi connectivity index (χ2v) is 4.26. The average molecular weight is 257 g/mol. The summed E-state index contributed by atoms with van der Waals surface area (Å²) in [6.07, 6.45) is 6.01. The van der Waals surface area contributed by atoms with Crippen LogP contribution < -0.4 is 14.8 Å². The van der Waals surface area contributed by atoms with Gasteiger partial charge in [-0.2, -0.15) is 0 Å². The van der Waals surface area contributed by atoms with Gasteiger partial charge >= 0.3 is 0 Å². The Balaban J connectivity index is 1.70. The van der Waals surface area contributed by atoms with E-state index < -0.39 is 0 Å². The van der Waals surface area contributed by atoms with Crippen LogP contribution in [0.1, 0.15) is 12.1 Å². The van der Waals surface area contributed by atoms with E-state index >= 15 is 0 Å². The molecule has 19 heavy (non-hydrogen) atoms. The van der Waals surface area contributed by atoms with Crippen LogP contribution in [0.15, 0.2) is 36.8 Å². The maximum atomic E-state index is 5.65. The molecule has 0 bridgehead atoms. The van der Waals surface area contributed by atoms with Gasteiger partial charge in [0.2, 0.25) is 0 Å². The van der Waals surface area contributed by atoms with Gasteiger partial charge in [-0.05, 0) is 12.1 Å². The molecule has 2 heterocycles. The highest BCUT2D eigenvalue weighted by Gasteiger charge is 2.10. The SMILES string of the molecule is c1cnc(CNc2ccc3c(c2)OCCCO3)cn1. The van der Waals surface area contributed by atoms with Crippen molar-refractivity contribution in [3.05, 3.63) is 42.5 Å². The minimum absolute atomic E-state index is 0.632. The van der Waals surface area contributed by atoms with Crippen molar-refractivity contribution in [1.29, 1.82) is 0 Å². The molecule has 0 aliphatic carbocycles. The number of benzene rings is 1. The van der Waals surface area contributed by atoms with Crippen molar-refractivity contribution in [2.75, 3.05) is 18.5 Å². The molecule has 5 nitrogen and oxygen atoms in total. The zero-order valence-corrected chi connectivity index (χ0v) is 10.5. The molecule has 1 N–H and O–H groups in total. The van der Waals surface area contributed by atoms with Crippen molar-refractivity contribution in [3.8, 4) is 11.5 Å². The highest BCUT2D eigenvalue weighted by molar-refractivity contribution is 5.55.